The molecule has 0 heterocycles. The van der Waals surface area contributed by atoms with Crippen LogP contribution in [0.1, 0.15) is 12.0 Å². The molecule has 0 radical (unpaired) electrons. The third-order valence-corrected chi connectivity index (χ3v) is 4.05. The van der Waals surface area contributed by atoms with Crippen LogP contribution in [0.5, 0.6) is 5.75 Å². The van der Waals surface area contributed by atoms with E-state index in [1.54, 1.807) is 13.2 Å². The number of amides is 1. The second-order valence-electron chi connectivity index (χ2n) is 4.30. The molecule has 1 aromatic carbocycles. The average molecular weight is 336 g/mol. The van der Waals surface area contributed by atoms with Gasteiger partial charge in [-0.1, -0.05) is 6.07 Å². The van der Waals surface area contributed by atoms with E-state index < -0.39 is 9.05 Å². The van der Waals surface area contributed by atoms with Crippen molar-refractivity contribution in [1.29, 1.82) is 0 Å². The lowest BCUT2D eigenvalue weighted by Crippen LogP contribution is -2.26. The van der Waals surface area contributed by atoms with Gasteiger partial charge in [0.2, 0.25) is 5.91 Å². The highest BCUT2D eigenvalue weighted by Crippen LogP contribution is 2.27. The van der Waals surface area contributed by atoms with Gasteiger partial charge in [0.15, 0.2) is 0 Å². The van der Waals surface area contributed by atoms with Gasteiger partial charge in [0.25, 0.3) is 9.05 Å². The van der Waals surface area contributed by atoms with Gasteiger partial charge in [-0.15, -0.1) is 0 Å². The molecule has 8 heteroatoms. The topological polar surface area (TPSA) is 81.7 Å². The van der Waals surface area contributed by atoms with E-state index in [1.807, 2.05) is 0 Å². The number of halogens is 1. The largest absolute Gasteiger partial charge is 0.495 e. The summed E-state index contributed by atoms with van der Waals surface area (Å²) in [4.78, 5) is 11.6. The van der Waals surface area contributed by atoms with E-state index in [1.165, 1.54) is 19.2 Å². The van der Waals surface area contributed by atoms with Crippen LogP contribution >= 0.6 is 10.7 Å². The van der Waals surface area contributed by atoms with Crippen molar-refractivity contribution >= 4 is 25.6 Å². The van der Waals surface area contributed by atoms with Crippen LogP contribution in [0, 0.1) is 0 Å². The lowest BCUT2D eigenvalue weighted by atomic mass is 10.1. The first-order valence-electron chi connectivity index (χ1n) is 6.25. The van der Waals surface area contributed by atoms with Crippen molar-refractivity contribution in [3.05, 3.63) is 23.8 Å². The molecule has 0 aliphatic heterocycles. The van der Waals surface area contributed by atoms with Crippen molar-refractivity contribution in [2.24, 2.45) is 0 Å². The van der Waals surface area contributed by atoms with E-state index in [0.29, 0.717) is 25.1 Å². The van der Waals surface area contributed by atoms with E-state index in [9.17, 15) is 13.2 Å². The molecule has 0 bridgehead atoms. The minimum absolute atomic E-state index is 0.0659. The molecule has 6 nitrogen and oxygen atoms in total. The van der Waals surface area contributed by atoms with Gasteiger partial charge in [0, 0.05) is 30.9 Å². The van der Waals surface area contributed by atoms with E-state index >= 15 is 0 Å². The highest BCUT2D eigenvalue weighted by Gasteiger charge is 2.18. The molecule has 0 saturated heterocycles. The molecular weight excluding hydrogens is 318 g/mol. The lowest BCUT2D eigenvalue weighted by Gasteiger charge is -2.09. The zero-order chi connectivity index (χ0) is 15.9. The van der Waals surface area contributed by atoms with Gasteiger partial charge in [-0.3, -0.25) is 4.79 Å². The van der Waals surface area contributed by atoms with E-state index in [-0.39, 0.29) is 23.0 Å². The Morgan fingerprint density at radius 2 is 2.05 bits per heavy atom. The predicted molar refractivity (Wildman–Crippen MR) is 79.2 cm³/mol. The lowest BCUT2D eigenvalue weighted by molar-refractivity contribution is -0.120. The fourth-order valence-corrected chi connectivity index (χ4v) is 2.76. The number of hydrogen-bond donors (Lipinski definition) is 1. The minimum atomic E-state index is -3.93. The van der Waals surface area contributed by atoms with Crippen molar-refractivity contribution in [3.63, 3.8) is 0 Å². The highest BCUT2D eigenvalue weighted by molar-refractivity contribution is 8.13. The summed E-state index contributed by atoms with van der Waals surface area (Å²) in [5.74, 6) is -0.0524. The van der Waals surface area contributed by atoms with Crippen LogP contribution in [0.2, 0.25) is 0 Å². The molecule has 21 heavy (non-hydrogen) atoms. The Morgan fingerprint density at radius 1 is 1.33 bits per heavy atom. The number of hydrogen-bond acceptors (Lipinski definition) is 5. The minimum Gasteiger partial charge on any atom is -0.495 e. The highest BCUT2D eigenvalue weighted by atomic mass is 35.7. The Morgan fingerprint density at radius 3 is 2.62 bits per heavy atom. The summed E-state index contributed by atoms with van der Waals surface area (Å²) in [6.45, 7) is 1.07. The van der Waals surface area contributed by atoms with E-state index in [4.69, 9.17) is 20.2 Å². The van der Waals surface area contributed by atoms with Gasteiger partial charge in [0.1, 0.15) is 10.6 Å². The predicted octanol–water partition coefficient (Wildman–Crippen LogP) is 1.32. The molecule has 1 amide bonds. The SMILES string of the molecule is COCCCNC(=O)Cc1ccc(OC)c(S(=O)(=O)Cl)c1. The molecule has 118 valence electrons. The fourth-order valence-electron chi connectivity index (χ4n) is 1.71. The van der Waals surface area contributed by atoms with Crippen molar-refractivity contribution < 1.29 is 22.7 Å². The molecule has 1 rings (SSSR count). The molecule has 0 spiro atoms. The number of methoxy groups -OCH3 is 2. The number of nitrogens with one attached hydrogen (secondary N) is 1. The smallest absolute Gasteiger partial charge is 0.264 e. The molecule has 0 unspecified atom stereocenters. The Kier molecular flexibility index (Phi) is 6.94. The summed E-state index contributed by atoms with van der Waals surface area (Å²) in [5.41, 5.74) is 0.541. The van der Waals surface area contributed by atoms with Crippen LogP contribution in [-0.4, -0.2) is 41.7 Å². The Bertz CT molecular complexity index is 588. The molecule has 0 aliphatic rings. The average Bonchev–Trinajstić information content (AvgIpc) is 2.42. The molecule has 0 atom stereocenters. The molecule has 1 aromatic rings. The van der Waals surface area contributed by atoms with Crippen LogP contribution in [0.15, 0.2) is 23.1 Å². The van der Waals surface area contributed by atoms with Crippen molar-refractivity contribution in [2.75, 3.05) is 27.4 Å². The summed E-state index contributed by atoms with van der Waals surface area (Å²) in [6.07, 6.45) is 0.780. The third-order valence-electron chi connectivity index (χ3n) is 2.70. The van der Waals surface area contributed by atoms with Crippen molar-refractivity contribution in [3.8, 4) is 5.75 Å². The molecule has 0 saturated carbocycles. The summed E-state index contributed by atoms with van der Waals surface area (Å²) < 4.78 is 32.8. The van der Waals surface area contributed by atoms with Crippen molar-refractivity contribution in [1.82, 2.24) is 5.32 Å². The fraction of sp³-hybridized carbons (Fsp3) is 0.462. The quantitative estimate of drug-likeness (QED) is 0.572. The normalized spacial score (nSPS) is 11.2. The van der Waals surface area contributed by atoms with E-state index in [0.717, 1.165) is 0 Å². The first-order valence-corrected chi connectivity index (χ1v) is 8.56. The van der Waals surface area contributed by atoms with Crippen LogP contribution in [0.4, 0.5) is 0 Å². The summed E-state index contributed by atoms with van der Waals surface area (Å²) in [5, 5.41) is 2.72. The number of ether oxygens (including phenoxy) is 2. The third kappa shape index (κ3) is 5.91. The monoisotopic (exact) mass is 335 g/mol. The van der Waals surface area contributed by atoms with Crippen LogP contribution in [-0.2, 0) is 25.0 Å². The van der Waals surface area contributed by atoms with Gasteiger partial charge >= 0.3 is 0 Å². The Balaban J connectivity index is 2.74. The molecular formula is C13H18ClNO5S. The van der Waals surface area contributed by atoms with Crippen LogP contribution in [0.3, 0.4) is 0 Å². The molecule has 1 N–H and O–H groups in total. The first kappa shape index (κ1) is 17.7. The number of benzene rings is 1. The van der Waals surface area contributed by atoms with Gasteiger partial charge in [-0.05, 0) is 24.1 Å². The molecule has 0 fully saturated rings. The Labute approximate surface area is 128 Å². The molecule has 0 aliphatic carbocycles. The van der Waals surface area contributed by atoms with Gasteiger partial charge < -0.3 is 14.8 Å². The maximum Gasteiger partial charge on any atom is 0.264 e. The second-order valence-corrected chi connectivity index (χ2v) is 6.83. The van der Waals surface area contributed by atoms with Gasteiger partial charge in [-0.2, -0.15) is 0 Å². The number of rotatable bonds is 8. The van der Waals surface area contributed by atoms with Crippen LogP contribution < -0.4 is 10.1 Å². The summed E-state index contributed by atoms with van der Waals surface area (Å²) >= 11 is 0. The maximum atomic E-state index is 11.7. The number of carbonyl (C=O) groups is 1. The zero-order valence-electron chi connectivity index (χ0n) is 11.9. The second kappa shape index (κ2) is 8.21. The van der Waals surface area contributed by atoms with Crippen LogP contribution in [0.25, 0.3) is 0 Å². The zero-order valence-corrected chi connectivity index (χ0v) is 13.5. The summed E-state index contributed by atoms with van der Waals surface area (Å²) in [7, 11) is 4.36. The standard InChI is InChI=1S/C13H18ClNO5S/c1-19-7-3-6-15-13(16)9-10-4-5-11(20-2)12(8-10)21(14,17)18/h4-5,8H,3,6-7,9H2,1-2H3,(H,15,16). The summed E-state index contributed by atoms with van der Waals surface area (Å²) in [6, 6.07) is 4.44. The van der Waals surface area contributed by atoms with Gasteiger partial charge in [0.05, 0.1) is 13.5 Å². The molecule has 0 aromatic heterocycles. The van der Waals surface area contributed by atoms with E-state index in [2.05, 4.69) is 5.32 Å². The number of carbonyl (C=O) groups excluding carboxylic acids is 1. The first-order chi connectivity index (χ1) is 9.88. The van der Waals surface area contributed by atoms with Gasteiger partial charge in [-0.25, -0.2) is 8.42 Å². The maximum absolute atomic E-state index is 11.7. The van der Waals surface area contributed by atoms with Crippen molar-refractivity contribution in [2.45, 2.75) is 17.7 Å². The Hall–Kier alpha value is -1.31.